The highest BCUT2D eigenvalue weighted by molar-refractivity contribution is 5.90. The summed E-state index contributed by atoms with van der Waals surface area (Å²) >= 11 is 0. The predicted octanol–water partition coefficient (Wildman–Crippen LogP) is 2.01. The second-order valence-electron chi connectivity index (χ2n) is 5.47. The number of aromatic nitrogens is 3. The van der Waals surface area contributed by atoms with Gasteiger partial charge in [0.15, 0.2) is 0 Å². The molecule has 1 atom stereocenters. The van der Waals surface area contributed by atoms with Gasteiger partial charge in [-0.15, -0.1) is 5.10 Å². The number of nitrogens with zero attached hydrogens (tertiary/aromatic N) is 3. The molecule has 1 fully saturated rings. The number of likely N-dealkylation sites (tertiary alicyclic amines) is 1. The highest BCUT2D eigenvalue weighted by atomic mass is 16.2. The van der Waals surface area contributed by atoms with Crippen molar-refractivity contribution in [1.29, 1.82) is 0 Å². The summed E-state index contributed by atoms with van der Waals surface area (Å²) in [5.41, 5.74) is 0. The lowest BCUT2D eigenvalue weighted by Crippen LogP contribution is -2.33. The van der Waals surface area contributed by atoms with Crippen molar-refractivity contribution < 1.29 is 4.79 Å². The van der Waals surface area contributed by atoms with E-state index in [1.807, 2.05) is 4.90 Å². The van der Waals surface area contributed by atoms with Crippen molar-refractivity contribution in [2.24, 2.45) is 11.8 Å². The SMILES string of the molecule is Cc1nc(C(=O)N2CCCC(C(C)C)CC2)n[nH]1. The van der Waals surface area contributed by atoms with Crippen molar-refractivity contribution in [3.8, 4) is 0 Å². The van der Waals surface area contributed by atoms with Crippen LogP contribution in [0.3, 0.4) is 0 Å². The van der Waals surface area contributed by atoms with Crippen LogP contribution in [0, 0.1) is 18.8 Å². The van der Waals surface area contributed by atoms with Crippen LogP contribution in [-0.4, -0.2) is 39.1 Å². The van der Waals surface area contributed by atoms with Crippen LogP contribution < -0.4 is 0 Å². The predicted molar refractivity (Wildman–Crippen MR) is 69.2 cm³/mol. The molecule has 1 aliphatic heterocycles. The Morgan fingerprint density at radius 3 is 2.78 bits per heavy atom. The summed E-state index contributed by atoms with van der Waals surface area (Å²) < 4.78 is 0. The molecule has 5 nitrogen and oxygen atoms in total. The van der Waals surface area contributed by atoms with Gasteiger partial charge in [-0.1, -0.05) is 13.8 Å². The molecule has 0 bridgehead atoms. The van der Waals surface area contributed by atoms with Gasteiger partial charge in [0.25, 0.3) is 5.91 Å². The molecule has 0 aromatic carbocycles. The molecule has 0 spiro atoms. The molecule has 100 valence electrons. The lowest BCUT2D eigenvalue weighted by Gasteiger charge is -2.20. The minimum atomic E-state index is -0.0382. The van der Waals surface area contributed by atoms with Gasteiger partial charge in [-0.3, -0.25) is 9.89 Å². The molecule has 0 saturated carbocycles. The number of carbonyl (C=O) groups excluding carboxylic acids is 1. The fraction of sp³-hybridized carbons (Fsp3) is 0.769. The van der Waals surface area contributed by atoms with Gasteiger partial charge in [0.1, 0.15) is 5.82 Å². The fourth-order valence-electron chi connectivity index (χ4n) is 2.57. The number of hydrogen-bond acceptors (Lipinski definition) is 3. The Morgan fingerprint density at radius 1 is 1.39 bits per heavy atom. The number of nitrogens with one attached hydrogen (secondary N) is 1. The van der Waals surface area contributed by atoms with Gasteiger partial charge >= 0.3 is 0 Å². The van der Waals surface area contributed by atoms with Gasteiger partial charge in [-0.25, -0.2) is 4.98 Å². The van der Waals surface area contributed by atoms with Gasteiger partial charge in [0.05, 0.1) is 0 Å². The zero-order chi connectivity index (χ0) is 13.1. The van der Waals surface area contributed by atoms with E-state index in [0.29, 0.717) is 17.6 Å². The van der Waals surface area contributed by atoms with Crippen LogP contribution in [0.5, 0.6) is 0 Å². The lowest BCUT2D eigenvalue weighted by atomic mass is 9.89. The third-order valence-electron chi connectivity index (χ3n) is 3.79. The second kappa shape index (κ2) is 5.50. The maximum Gasteiger partial charge on any atom is 0.293 e. The summed E-state index contributed by atoms with van der Waals surface area (Å²) in [5, 5.41) is 6.67. The first-order chi connectivity index (χ1) is 8.58. The molecule has 1 unspecified atom stereocenters. The van der Waals surface area contributed by atoms with Crippen LogP contribution in [0.15, 0.2) is 0 Å². The zero-order valence-corrected chi connectivity index (χ0v) is 11.4. The molecule has 0 radical (unpaired) electrons. The van der Waals surface area contributed by atoms with E-state index in [9.17, 15) is 4.79 Å². The molecule has 1 saturated heterocycles. The molecule has 2 rings (SSSR count). The molecule has 1 aromatic rings. The average molecular weight is 250 g/mol. The van der Waals surface area contributed by atoms with Crippen LogP contribution in [0.25, 0.3) is 0 Å². The molecule has 1 aliphatic rings. The minimum Gasteiger partial charge on any atom is -0.336 e. The normalized spacial score (nSPS) is 21.1. The van der Waals surface area contributed by atoms with Crippen molar-refractivity contribution >= 4 is 5.91 Å². The summed E-state index contributed by atoms with van der Waals surface area (Å²) in [4.78, 5) is 18.2. The van der Waals surface area contributed by atoms with Crippen molar-refractivity contribution in [1.82, 2.24) is 20.1 Å². The first-order valence-electron chi connectivity index (χ1n) is 6.76. The van der Waals surface area contributed by atoms with E-state index in [1.54, 1.807) is 6.92 Å². The third kappa shape index (κ3) is 2.89. The highest BCUT2D eigenvalue weighted by Gasteiger charge is 2.24. The molecule has 1 aromatic heterocycles. The van der Waals surface area contributed by atoms with Crippen molar-refractivity contribution in [2.75, 3.05) is 13.1 Å². The van der Waals surface area contributed by atoms with Crippen LogP contribution in [0.1, 0.15) is 49.6 Å². The Kier molecular flexibility index (Phi) is 3.99. The molecule has 5 heteroatoms. The highest BCUT2D eigenvalue weighted by Crippen LogP contribution is 2.24. The number of rotatable bonds is 2. The monoisotopic (exact) mass is 250 g/mol. The number of aromatic amines is 1. The standard InChI is InChI=1S/C13H22N4O/c1-9(2)11-5-4-7-17(8-6-11)13(18)12-14-10(3)15-16-12/h9,11H,4-8H2,1-3H3,(H,14,15,16). The largest absolute Gasteiger partial charge is 0.336 e. The summed E-state index contributed by atoms with van der Waals surface area (Å²) in [6.07, 6.45) is 3.39. The number of hydrogen-bond donors (Lipinski definition) is 1. The first-order valence-corrected chi connectivity index (χ1v) is 6.76. The summed E-state index contributed by atoms with van der Waals surface area (Å²) in [6.45, 7) is 7.99. The quantitative estimate of drug-likeness (QED) is 0.873. The van der Waals surface area contributed by atoms with Gasteiger partial charge in [0, 0.05) is 13.1 Å². The van der Waals surface area contributed by atoms with Crippen LogP contribution in [0.4, 0.5) is 0 Å². The van der Waals surface area contributed by atoms with E-state index in [0.717, 1.165) is 31.8 Å². The average Bonchev–Trinajstić information content (AvgIpc) is 2.63. The van der Waals surface area contributed by atoms with E-state index in [2.05, 4.69) is 29.0 Å². The molecule has 0 aliphatic carbocycles. The summed E-state index contributed by atoms with van der Waals surface area (Å²) in [6, 6.07) is 0. The zero-order valence-electron chi connectivity index (χ0n) is 11.4. The van der Waals surface area contributed by atoms with Crippen LogP contribution in [-0.2, 0) is 0 Å². The van der Waals surface area contributed by atoms with Gasteiger partial charge in [-0.2, -0.15) is 0 Å². The Morgan fingerprint density at radius 2 is 2.17 bits per heavy atom. The lowest BCUT2D eigenvalue weighted by molar-refractivity contribution is 0.0747. The molecular formula is C13H22N4O. The van der Waals surface area contributed by atoms with Crippen molar-refractivity contribution in [3.63, 3.8) is 0 Å². The number of H-pyrrole nitrogens is 1. The summed E-state index contributed by atoms with van der Waals surface area (Å²) in [5.74, 6) is 2.38. The Hall–Kier alpha value is -1.39. The Labute approximate surface area is 108 Å². The number of amides is 1. The molecule has 1 amide bonds. The molecular weight excluding hydrogens is 228 g/mol. The fourth-order valence-corrected chi connectivity index (χ4v) is 2.57. The Bertz CT molecular complexity index is 413. The Balaban J connectivity index is 1.99. The second-order valence-corrected chi connectivity index (χ2v) is 5.47. The van der Waals surface area contributed by atoms with Crippen molar-refractivity contribution in [3.05, 3.63) is 11.6 Å². The minimum absolute atomic E-state index is 0.0382. The van der Waals surface area contributed by atoms with Crippen LogP contribution >= 0.6 is 0 Å². The molecule has 2 heterocycles. The molecule has 1 N–H and O–H groups in total. The van der Waals surface area contributed by atoms with Gasteiger partial charge < -0.3 is 4.90 Å². The maximum absolute atomic E-state index is 12.2. The van der Waals surface area contributed by atoms with Gasteiger partial charge in [-0.05, 0) is 38.0 Å². The number of aryl methyl sites for hydroxylation is 1. The number of carbonyl (C=O) groups is 1. The van der Waals surface area contributed by atoms with Crippen LogP contribution in [0.2, 0.25) is 0 Å². The third-order valence-corrected chi connectivity index (χ3v) is 3.79. The van der Waals surface area contributed by atoms with Crippen molar-refractivity contribution in [2.45, 2.75) is 40.0 Å². The maximum atomic E-state index is 12.2. The van der Waals surface area contributed by atoms with E-state index in [1.165, 1.54) is 6.42 Å². The first kappa shape index (κ1) is 13.1. The molecule has 18 heavy (non-hydrogen) atoms. The summed E-state index contributed by atoms with van der Waals surface area (Å²) in [7, 11) is 0. The van der Waals surface area contributed by atoms with E-state index in [4.69, 9.17) is 0 Å². The van der Waals surface area contributed by atoms with E-state index >= 15 is 0 Å². The van der Waals surface area contributed by atoms with E-state index in [-0.39, 0.29) is 5.91 Å². The van der Waals surface area contributed by atoms with Gasteiger partial charge in [0.2, 0.25) is 5.82 Å². The van der Waals surface area contributed by atoms with E-state index < -0.39 is 0 Å². The smallest absolute Gasteiger partial charge is 0.293 e. The topological polar surface area (TPSA) is 61.9 Å².